The standard InChI is InChI=1S/C9H12N2/c1-4-7(2)9-5-6-10-11-8(9)3/h4-7H,1H2,2-3H3. The van der Waals surface area contributed by atoms with Gasteiger partial charge in [-0.25, -0.2) is 0 Å². The molecule has 0 fully saturated rings. The molecule has 2 nitrogen and oxygen atoms in total. The number of aromatic nitrogens is 2. The molecule has 0 aliphatic heterocycles. The third kappa shape index (κ3) is 1.64. The van der Waals surface area contributed by atoms with E-state index in [9.17, 15) is 0 Å². The van der Waals surface area contributed by atoms with Crippen LogP contribution in [0.15, 0.2) is 24.9 Å². The van der Waals surface area contributed by atoms with Gasteiger partial charge in [0.05, 0.1) is 5.69 Å². The zero-order valence-corrected chi connectivity index (χ0v) is 6.91. The van der Waals surface area contributed by atoms with Gasteiger partial charge in [0.25, 0.3) is 0 Å². The first-order valence-corrected chi connectivity index (χ1v) is 3.66. The number of hydrogen-bond donors (Lipinski definition) is 0. The first kappa shape index (κ1) is 7.92. The average Bonchev–Trinajstić information content (AvgIpc) is 2.04. The molecule has 0 amide bonds. The van der Waals surface area contributed by atoms with Crippen molar-refractivity contribution >= 4 is 0 Å². The van der Waals surface area contributed by atoms with Crippen LogP contribution >= 0.6 is 0 Å². The maximum Gasteiger partial charge on any atom is 0.0637 e. The van der Waals surface area contributed by atoms with Crippen molar-refractivity contribution in [3.63, 3.8) is 0 Å². The van der Waals surface area contributed by atoms with Gasteiger partial charge in [0.1, 0.15) is 0 Å². The van der Waals surface area contributed by atoms with Crippen molar-refractivity contribution < 1.29 is 0 Å². The highest BCUT2D eigenvalue weighted by Crippen LogP contribution is 2.16. The minimum absolute atomic E-state index is 0.366. The van der Waals surface area contributed by atoms with E-state index in [1.165, 1.54) is 5.56 Å². The van der Waals surface area contributed by atoms with Crippen LogP contribution in [0.2, 0.25) is 0 Å². The van der Waals surface area contributed by atoms with E-state index in [1.807, 2.05) is 19.1 Å². The normalized spacial score (nSPS) is 12.5. The molecule has 0 aliphatic rings. The van der Waals surface area contributed by atoms with Crippen molar-refractivity contribution in [2.24, 2.45) is 0 Å². The molecule has 1 heterocycles. The minimum Gasteiger partial charge on any atom is -0.159 e. The van der Waals surface area contributed by atoms with Crippen LogP contribution in [0, 0.1) is 6.92 Å². The minimum atomic E-state index is 0.366. The van der Waals surface area contributed by atoms with Gasteiger partial charge >= 0.3 is 0 Å². The van der Waals surface area contributed by atoms with E-state index >= 15 is 0 Å². The molecule has 1 atom stereocenters. The molecule has 11 heavy (non-hydrogen) atoms. The monoisotopic (exact) mass is 148 g/mol. The van der Waals surface area contributed by atoms with Crippen LogP contribution in [0.4, 0.5) is 0 Å². The Balaban J connectivity index is 3.02. The highest BCUT2D eigenvalue weighted by molar-refractivity contribution is 5.23. The Bertz CT molecular complexity index is 255. The van der Waals surface area contributed by atoms with Crippen LogP contribution in [-0.4, -0.2) is 10.2 Å². The number of nitrogens with zero attached hydrogens (tertiary/aromatic N) is 2. The summed E-state index contributed by atoms with van der Waals surface area (Å²) in [5.41, 5.74) is 2.19. The largest absolute Gasteiger partial charge is 0.159 e. The Morgan fingerprint density at radius 1 is 1.64 bits per heavy atom. The summed E-state index contributed by atoms with van der Waals surface area (Å²) in [5.74, 6) is 0.366. The van der Waals surface area contributed by atoms with E-state index in [0.29, 0.717) is 5.92 Å². The Morgan fingerprint density at radius 3 is 2.91 bits per heavy atom. The molecule has 58 valence electrons. The number of hydrogen-bond acceptors (Lipinski definition) is 2. The van der Waals surface area contributed by atoms with E-state index < -0.39 is 0 Å². The number of allylic oxidation sites excluding steroid dienone is 1. The zero-order valence-electron chi connectivity index (χ0n) is 6.91. The van der Waals surface area contributed by atoms with Crippen LogP contribution in [0.5, 0.6) is 0 Å². The van der Waals surface area contributed by atoms with Crippen molar-refractivity contribution in [3.8, 4) is 0 Å². The summed E-state index contributed by atoms with van der Waals surface area (Å²) in [6.45, 7) is 7.78. The summed E-state index contributed by atoms with van der Waals surface area (Å²) < 4.78 is 0. The molecule has 1 unspecified atom stereocenters. The van der Waals surface area contributed by atoms with Crippen LogP contribution in [0.3, 0.4) is 0 Å². The second-order valence-corrected chi connectivity index (χ2v) is 2.60. The molecule has 0 spiro atoms. The molecule has 0 bridgehead atoms. The number of aryl methyl sites for hydroxylation is 1. The Morgan fingerprint density at radius 2 is 2.36 bits per heavy atom. The van der Waals surface area contributed by atoms with Gasteiger partial charge in [-0.05, 0) is 18.6 Å². The average molecular weight is 148 g/mol. The van der Waals surface area contributed by atoms with Crippen molar-refractivity contribution in [3.05, 3.63) is 36.2 Å². The van der Waals surface area contributed by atoms with Gasteiger partial charge in [-0.1, -0.05) is 13.0 Å². The molecule has 0 aromatic carbocycles. The lowest BCUT2D eigenvalue weighted by Crippen LogP contribution is -1.96. The predicted molar refractivity (Wildman–Crippen MR) is 45.4 cm³/mol. The van der Waals surface area contributed by atoms with E-state index in [2.05, 4.69) is 23.7 Å². The molecular weight excluding hydrogens is 136 g/mol. The zero-order chi connectivity index (χ0) is 8.27. The third-order valence-electron chi connectivity index (χ3n) is 1.79. The summed E-state index contributed by atoms with van der Waals surface area (Å²) in [4.78, 5) is 0. The maximum atomic E-state index is 3.95. The van der Waals surface area contributed by atoms with Gasteiger partial charge < -0.3 is 0 Å². The lowest BCUT2D eigenvalue weighted by atomic mass is 10.0. The van der Waals surface area contributed by atoms with Crippen molar-refractivity contribution in [2.75, 3.05) is 0 Å². The summed E-state index contributed by atoms with van der Waals surface area (Å²) in [6.07, 6.45) is 3.62. The van der Waals surface area contributed by atoms with Crippen LogP contribution in [-0.2, 0) is 0 Å². The van der Waals surface area contributed by atoms with E-state index in [4.69, 9.17) is 0 Å². The van der Waals surface area contributed by atoms with Crippen molar-refractivity contribution in [1.82, 2.24) is 10.2 Å². The molecule has 2 heteroatoms. The fraction of sp³-hybridized carbons (Fsp3) is 0.333. The molecular formula is C9H12N2. The molecule has 0 saturated carbocycles. The Labute approximate surface area is 67.0 Å². The van der Waals surface area contributed by atoms with Gasteiger partial charge in [-0.2, -0.15) is 10.2 Å². The molecule has 1 rings (SSSR count). The third-order valence-corrected chi connectivity index (χ3v) is 1.79. The van der Waals surface area contributed by atoms with Crippen LogP contribution in [0.1, 0.15) is 24.1 Å². The Hall–Kier alpha value is -1.18. The molecule has 0 aliphatic carbocycles. The van der Waals surface area contributed by atoms with Gasteiger partial charge in [0, 0.05) is 12.1 Å². The summed E-state index contributed by atoms with van der Waals surface area (Å²) in [5, 5.41) is 7.73. The molecule has 0 saturated heterocycles. The second-order valence-electron chi connectivity index (χ2n) is 2.60. The fourth-order valence-corrected chi connectivity index (χ4v) is 1.02. The smallest absolute Gasteiger partial charge is 0.0637 e. The Kier molecular flexibility index (Phi) is 2.36. The van der Waals surface area contributed by atoms with Gasteiger partial charge in [0.15, 0.2) is 0 Å². The molecule has 0 radical (unpaired) electrons. The maximum absolute atomic E-state index is 3.95. The van der Waals surface area contributed by atoms with E-state index in [0.717, 1.165) is 5.69 Å². The topological polar surface area (TPSA) is 25.8 Å². The molecule has 0 N–H and O–H groups in total. The van der Waals surface area contributed by atoms with E-state index in [1.54, 1.807) is 6.20 Å². The summed E-state index contributed by atoms with van der Waals surface area (Å²) >= 11 is 0. The second kappa shape index (κ2) is 3.28. The number of rotatable bonds is 2. The van der Waals surface area contributed by atoms with Gasteiger partial charge in [0.2, 0.25) is 0 Å². The summed E-state index contributed by atoms with van der Waals surface area (Å²) in [6, 6.07) is 1.98. The van der Waals surface area contributed by atoms with Crippen molar-refractivity contribution in [1.29, 1.82) is 0 Å². The van der Waals surface area contributed by atoms with Gasteiger partial charge in [-0.15, -0.1) is 6.58 Å². The molecule has 1 aromatic heterocycles. The highest BCUT2D eigenvalue weighted by Gasteiger charge is 2.03. The van der Waals surface area contributed by atoms with Crippen LogP contribution in [0.25, 0.3) is 0 Å². The predicted octanol–water partition coefficient (Wildman–Crippen LogP) is 2.07. The SMILES string of the molecule is C=CC(C)c1ccnnc1C. The lowest BCUT2D eigenvalue weighted by molar-refractivity contribution is 0.880. The quantitative estimate of drug-likeness (QED) is 0.600. The van der Waals surface area contributed by atoms with Crippen LogP contribution < -0.4 is 0 Å². The lowest BCUT2D eigenvalue weighted by Gasteiger charge is -2.06. The first-order valence-electron chi connectivity index (χ1n) is 3.66. The summed E-state index contributed by atoms with van der Waals surface area (Å²) in [7, 11) is 0. The molecule has 1 aromatic rings. The van der Waals surface area contributed by atoms with Gasteiger partial charge in [-0.3, -0.25) is 0 Å². The van der Waals surface area contributed by atoms with Crippen molar-refractivity contribution in [2.45, 2.75) is 19.8 Å². The fourth-order valence-electron chi connectivity index (χ4n) is 1.02. The first-order chi connectivity index (χ1) is 5.25. The highest BCUT2D eigenvalue weighted by atomic mass is 15.1. The van der Waals surface area contributed by atoms with E-state index in [-0.39, 0.29) is 0 Å².